The molecule has 3 atom stereocenters. The first-order valence-corrected chi connectivity index (χ1v) is 7.81. The molecule has 1 saturated carbocycles. The number of rotatable bonds is 3. The minimum atomic E-state index is -4.37. The molecule has 1 aromatic rings. The first-order valence-electron chi connectivity index (χ1n) is 7.81. The quantitative estimate of drug-likeness (QED) is 0.919. The van der Waals surface area contributed by atoms with Crippen molar-refractivity contribution < 1.29 is 27.9 Å². The van der Waals surface area contributed by atoms with E-state index in [1.165, 1.54) is 12.1 Å². The Kier molecular flexibility index (Phi) is 3.85. The van der Waals surface area contributed by atoms with Crippen LogP contribution in [0.5, 0.6) is 0 Å². The van der Waals surface area contributed by atoms with Gasteiger partial charge in [0.05, 0.1) is 11.0 Å². The van der Waals surface area contributed by atoms with Gasteiger partial charge in [-0.3, -0.25) is 9.59 Å². The van der Waals surface area contributed by atoms with Crippen LogP contribution in [0.15, 0.2) is 24.3 Å². The predicted octanol–water partition coefficient (Wildman–Crippen LogP) is 3.13. The topological polar surface area (TPSA) is 57.6 Å². The maximum atomic E-state index is 12.6. The number of likely N-dealkylation sites (tertiary alicyclic amines) is 1. The number of carbonyl (C=O) groups excluding carboxylic acids is 1. The van der Waals surface area contributed by atoms with E-state index in [4.69, 9.17) is 0 Å². The van der Waals surface area contributed by atoms with Crippen molar-refractivity contribution in [2.24, 2.45) is 11.3 Å². The molecule has 7 heteroatoms. The van der Waals surface area contributed by atoms with E-state index in [1.807, 2.05) is 0 Å². The Hall–Kier alpha value is -2.05. The lowest BCUT2D eigenvalue weighted by atomic mass is 9.90. The van der Waals surface area contributed by atoms with E-state index in [1.54, 1.807) is 11.8 Å². The minimum Gasteiger partial charge on any atom is -0.481 e. The zero-order chi connectivity index (χ0) is 17.7. The maximum Gasteiger partial charge on any atom is 0.416 e. The van der Waals surface area contributed by atoms with Gasteiger partial charge in [-0.1, -0.05) is 12.1 Å². The van der Waals surface area contributed by atoms with Crippen molar-refractivity contribution >= 4 is 11.9 Å². The monoisotopic (exact) mass is 341 g/mol. The summed E-state index contributed by atoms with van der Waals surface area (Å²) in [7, 11) is 0. The Bertz CT molecular complexity index is 671. The second-order valence-corrected chi connectivity index (χ2v) is 6.94. The molecule has 1 heterocycles. The Labute approximate surface area is 137 Å². The first-order chi connectivity index (χ1) is 11.1. The Morgan fingerprint density at radius 3 is 2.38 bits per heavy atom. The number of benzene rings is 1. The van der Waals surface area contributed by atoms with Gasteiger partial charge in [-0.15, -0.1) is 0 Å². The zero-order valence-corrected chi connectivity index (χ0v) is 13.1. The van der Waals surface area contributed by atoms with Gasteiger partial charge in [-0.25, -0.2) is 0 Å². The third-order valence-electron chi connectivity index (χ3n) is 5.08. The van der Waals surface area contributed by atoms with Crippen molar-refractivity contribution in [3.63, 3.8) is 0 Å². The van der Waals surface area contributed by atoms with Crippen LogP contribution in [0.3, 0.4) is 0 Å². The van der Waals surface area contributed by atoms with Gasteiger partial charge in [-0.2, -0.15) is 13.2 Å². The summed E-state index contributed by atoms with van der Waals surface area (Å²) < 4.78 is 37.7. The number of carboxylic acids is 1. The summed E-state index contributed by atoms with van der Waals surface area (Å²) in [5, 5.41) is 9.22. The van der Waals surface area contributed by atoms with Gasteiger partial charge in [0.2, 0.25) is 5.91 Å². The van der Waals surface area contributed by atoms with E-state index < -0.39 is 23.1 Å². The van der Waals surface area contributed by atoms with Crippen LogP contribution in [0.1, 0.15) is 36.8 Å². The highest BCUT2D eigenvalue weighted by atomic mass is 19.4. The summed E-state index contributed by atoms with van der Waals surface area (Å²) >= 11 is 0. The SMILES string of the molecule is CC1(C(=O)O)CCN(C(=O)C2CC2c2ccc(C(F)(F)F)cc2)C1. The molecule has 3 rings (SSSR count). The molecule has 1 aliphatic carbocycles. The van der Waals surface area contributed by atoms with Gasteiger partial charge in [0.25, 0.3) is 0 Å². The lowest BCUT2D eigenvalue weighted by Gasteiger charge is -2.20. The fraction of sp³-hybridized carbons (Fsp3) is 0.529. The number of carboxylic acid groups (broad SMARTS) is 1. The van der Waals surface area contributed by atoms with Gasteiger partial charge in [-0.05, 0) is 43.4 Å². The number of aliphatic carboxylic acids is 1. The number of carbonyl (C=O) groups is 2. The predicted molar refractivity (Wildman–Crippen MR) is 79.2 cm³/mol. The molecule has 130 valence electrons. The fourth-order valence-corrected chi connectivity index (χ4v) is 3.31. The molecule has 0 bridgehead atoms. The minimum absolute atomic E-state index is 0.0727. The number of amides is 1. The van der Waals surface area contributed by atoms with Gasteiger partial charge >= 0.3 is 12.1 Å². The number of nitrogens with zero attached hydrogens (tertiary/aromatic N) is 1. The van der Waals surface area contributed by atoms with E-state index in [-0.39, 0.29) is 24.3 Å². The lowest BCUT2D eigenvalue weighted by Crippen LogP contribution is -2.35. The molecule has 1 N–H and O–H groups in total. The van der Waals surface area contributed by atoms with Crippen molar-refractivity contribution in [3.8, 4) is 0 Å². The standard InChI is InChI=1S/C17H18F3NO3/c1-16(15(23)24)6-7-21(9-16)14(22)13-8-12(13)10-2-4-11(5-3-10)17(18,19)20/h2-5,12-13H,6-9H2,1H3,(H,23,24). The average molecular weight is 341 g/mol. The second kappa shape index (κ2) is 5.50. The largest absolute Gasteiger partial charge is 0.481 e. The Morgan fingerprint density at radius 2 is 1.88 bits per heavy atom. The normalized spacial score (nSPS) is 29.6. The van der Waals surface area contributed by atoms with Crippen molar-refractivity contribution in [2.75, 3.05) is 13.1 Å². The molecule has 1 saturated heterocycles. The van der Waals surface area contributed by atoms with Crippen LogP contribution >= 0.6 is 0 Å². The highest BCUT2D eigenvalue weighted by Crippen LogP contribution is 2.49. The lowest BCUT2D eigenvalue weighted by molar-refractivity contribution is -0.147. The molecule has 0 radical (unpaired) electrons. The zero-order valence-electron chi connectivity index (χ0n) is 13.1. The summed E-state index contributed by atoms with van der Waals surface area (Å²) in [5.74, 6) is -1.33. The summed E-state index contributed by atoms with van der Waals surface area (Å²) in [6, 6.07) is 4.91. The number of hydrogen-bond donors (Lipinski definition) is 1. The Balaban J connectivity index is 1.63. The molecule has 1 aromatic carbocycles. The third kappa shape index (κ3) is 2.99. The van der Waals surface area contributed by atoms with Crippen LogP contribution in [0, 0.1) is 11.3 Å². The molecule has 1 aliphatic heterocycles. The van der Waals surface area contributed by atoms with Crippen LogP contribution in [0.25, 0.3) is 0 Å². The van der Waals surface area contributed by atoms with E-state index in [2.05, 4.69) is 0 Å². The molecule has 2 aliphatic rings. The molecule has 3 unspecified atom stereocenters. The molecular weight excluding hydrogens is 323 g/mol. The van der Waals surface area contributed by atoms with Crippen LogP contribution in [-0.4, -0.2) is 35.0 Å². The molecule has 1 amide bonds. The van der Waals surface area contributed by atoms with Crippen molar-refractivity contribution in [2.45, 2.75) is 31.9 Å². The van der Waals surface area contributed by atoms with Crippen LogP contribution in [-0.2, 0) is 15.8 Å². The summed E-state index contributed by atoms with van der Waals surface area (Å²) in [5.41, 5.74) is -0.887. The highest BCUT2D eigenvalue weighted by Gasteiger charge is 2.50. The van der Waals surface area contributed by atoms with Gasteiger partial charge in [0, 0.05) is 19.0 Å². The molecular formula is C17H18F3NO3. The highest BCUT2D eigenvalue weighted by molar-refractivity contribution is 5.85. The smallest absolute Gasteiger partial charge is 0.416 e. The summed E-state index contributed by atoms with van der Waals surface area (Å²) in [6.45, 7) is 2.23. The summed E-state index contributed by atoms with van der Waals surface area (Å²) in [6.07, 6.45) is -3.34. The van der Waals surface area contributed by atoms with E-state index >= 15 is 0 Å². The number of hydrogen-bond acceptors (Lipinski definition) is 2. The molecule has 0 aromatic heterocycles. The molecule has 4 nitrogen and oxygen atoms in total. The molecule has 0 spiro atoms. The first kappa shape index (κ1) is 16.8. The van der Waals surface area contributed by atoms with Crippen molar-refractivity contribution in [1.29, 1.82) is 0 Å². The van der Waals surface area contributed by atoms with Crippen LogP contribution in [0.2, 0.25) is 0 Å². The van der Waals surface area contributed by atoms with E-state index in [9.17, 15) is 27.9 Å². The fourth-order valence-electron chi connectivity index (χ4n) is 3.31. The van der Waals surface area contributed by atoms with E-state index in [0.717, 1.165) is 17.7 Å². The van der Waals surface area contributed by atoms with Crippen molar-refractivity contribution in [1.82, 2.24) is 4.90 Å². The van der Waals surface area contributed by atoms with Crippen LogP contribution < -0.4 is 0 Å². The van der Waals surface area contributed by atoms with Gasteiger partial charge in [0.15, 0.2) is 0 Å². The van der Waals surface area contributed by atoms with Gasteiger partial charge < -0.3 is 10.0 Å². The van der Waals surface area contributed by atoms with Crippen molar-refractivity contribution in [3.05, 3.63) is 35.4 Å². The number of alkyl halides is 3. The average Bonchev–Trinajstić information content (AvgIpc) is 3.21. The van der Waals surface area contributed by atoms with Gasteiger partial charge in [0.1, 0.15) is 0 Å². The number of halogens is 3. The second-order valence-electron chi connectivity index (χ2n) is 6.94. The Morgan fingerprint density at radius 1 is 1.25 bits per heavy atom. The molecule has 2 fully saturated rings. The summed E-state index contributed by atoms with van der Waals surface area (Å²) in [4.78, 5) is 25.3. The van der Waals surface area contributed by atoms with E-state index in [0.29, 0.717) is 19.4 Å². The third-order valence-corrected chi connectivity index (χ3v) is 5.08. The molecule has 24 heavy (non-hydrogen) atoms. The van der Waals surface area contributed by atoms with Crippen LogP contribution in [0.4, 0.5) is 13.2 Å². The maximum absolute atomic E-state index is 12.6.